The van der Waals surface area contributed by atoms with Gasteiger partial charge in [0.1, 0.15) is 0 Å². The first-order chi connectivity index (χ1) is 10.0. The highest BCUT2D eigenvalue weighted by atomic mass is 32.2. The molecule has 1 aliphatic carbocycles. The van der Waals surface area contributed by atoms with Crippen LogP contribution in [0.2, 0.25) is 0 Å². The number of benzene rings is 1. The zero-order valence-electron chi connectivity index (χ0n) is 12.1. The van der Waals surface area contributed by atoms with Crippen molar-refractivity contribution in [1.82, 2.24) is 4.31 Å². The summed E-state index contributed by atoms with van der Waals surface area (Å²) in [6.07, 6.45) is 2.91. The van der Waals surface area contributed by atoms with E-state index >= 15 is 0 Å². The number of nitrogen functional groups attached to an aromatic ring is 1. The van der Waals surface area contributed by atoms with Crippen molar-refractivity contribution in [2.75, 3.05) is 25.5 Å². The molecule has 2 N–H and O–H groups in total. The van der Waals surface area contributed by atoms with Gasteiger partial charge >= 0.3 is 0 Å². The van der Waals surface area contributed by atoms with Crippen LogP contribution in [0.15, 0.2) is 24.3 Å². The van der Waals surface area contributed by atoms with Gasteiger partial charge in [-0.15, -0.1) is 0 Å². The molecule has 1 aromatic rings. The molecular weight excluding hydrogens is 288 g/mol. The van der Waals surface area contributed by atoms with Crippen LogP contribution in [0.3, 0.4) is 0 Å². The van der Waals surface area contributed by atoms with Gasteiger partial charge in [-0.2, -0.15) is 4.31 Å². The van der Waals surface area contributed by atoms with Gasteiger partial charge in [-0.05, 0) is 42.9 Å². The van der Waals surface area contributed by atoms with Crippen molar-refractivity contribution in [1.29, 1.82) is 0 Å². The van der Waals surface area contributed by atoms with E-state index in [0.717, 1.165) is 31.4 Å². The average Bonchev–Trinajstić information content (AvgIpc) is 3.11. The molecule has 3 rings (SSSR count). The number of sulfonamides is 1. The molecule has 0 radical (unpaired) electrons. The Kier molecular flexibility index (Phi) is 4.19. The van der Waals surface area contributed by atoms with Crippen LogP contribution in [0, 0.1) is 5.92 Å². The highest BCUT2D eigenvalue weighted by Gasteiger charge is 2.38. The van der Waals surface area contributed by atoms with Crippen molar-refractivity contribution in [3.8, 4) is 0 Å². The lowest BCUT2D eigenvalue weighted by Crippen LogP contribution is -2.38. The number of hydrogen-bond acceptors (Lipinski definition) is 4. The van der Waals surface area contributed by atoms with Gasteiger partial charge in [-0.3, -0.25) is 0 Å². The van der Waals surface area contributed by atoms with E-state index in [2.05, 4.69) is 0 Å². The molecule has 0 spiro atoms. The van der Waals surface area contributed by atoms with Crippen LogP contribution >= 0.6 is 0 Å². The van der Waals surface area contributed by atoms with Crippen molar-refractivity contribution < 1.29 is 13.2 Å². The van der Waals surface area contributed by atoms with Crippen LogP contribution in [0.4, 0.5) is 5.69 Å². The third kappa shape index (κ3) is 3.75. The van der Waals surface area contributed by atoms with Gasteiger partial charge in [-0.1, -0.05) is 12.1 Å². The average molecular weight is 310 g/mol. The van der Waals surface area contributed by atoms with Gasteiger partial charge in [0, 0.05) is 24.9 Å². The van der Waals surface area contributed by atoms with Crippen LogP contribution in [0.1, 0.15) is 24.8 Å². The zero-order chi connectivity index (χ0) is 14.9. The Morgan fingerprint density at radius 1 is 1.29 bits per heavy atom. The van der Waals surface area contributed by atoms with Crippen LogP contribution in [-0.4, -0.2) is 38.5 Å². The van der Waals surface area contributed by atoms with E-state index in [0.29, 0.717) is 24.8 Å². The van der Waals surface area contributed by atoms with Crippen molar-refractivity contribution >= 4 is 15.7 Å². The van der Waals surface area contributed by atoms with Crippen LogP contribution in [0.5, 0.6) is 0 Å². The molecule has 1 aromatic carbocycles. The summed E-state index contributed by atoms with van der Waals surface area (Å²) in [7, 11) is -3.29. The Morgan fingerprint density at radius 3 is 2.71 bits per heavy atom. The fourth-order valence-electron chi connectivity index (χ4n) is 2.81. The number of nitrogens with two attached hydrogens (primary N) is 1. The summed E-state index contributed by atoms with van der Waals surface area (Å²) in [5, 5.41) is 0. The summed E-state index contributed by atoms with van der Waals surface area (Å²) < 4.78 is 32.5. The Morgan fingerprint density at radius 2 is 2.10 bits per heavy atom. The molecule has 1 saturated heterocycles. The molecule has 0 amide bonds. The summed E-state index contributed by atoms with van der Waals surface area (Å²) in [5.41, 5.74) is 7.09. The molecule has 2 aliphatic rings. The second-order valence-corrected chi connectivity index (χ2v) is 7.95. The van der Waals surface area contributed by atoms with Gasteiger partial charge in [0.15, 0.2) is 0 Å². The fourth-order valence-corrected chi connectivity index (χ4v) is 4.68. The summed E-state index contributed by atoms with van der Waals surface area (Å²) in [6.45, 7) is 2.02. The highest BCUT2D eigenvalue weighted by molar-refractivity contribution is 7.88. The fraction of sp³-hybridized carbons (Fsp3) is 0.600. The molecule has 1 atom stereocenters. The zero-order valence-corrected chi connectivity index (χ0v) is 12.9. The lowest BCUT2D eigenvalue weighted by molar-refractivity contribution is 0.180. The van der Waals surface area contributed by atoms with Gasteiger partial charge in [-0.25, -0.2) is 8.42 Å². The van der Waals surface area contributed by atoms with E-state index < -0.39 is 10.0 Å². The second kappa shape index (κ2) is 5.94. The third-order valence-corrected chi connectivity index (χ3v) is 5.93. The van der Waals surface area contributed by atoms with Crippen LogP contribution < -0.4 is 5.73 Å². The van der Waals surface area contributed by atoms with E-state index in [1.165, 1.54) is 0 Å². The van der Waals surface area contributed by atoms with E-state index in [1.807, 2.05) is 6.07 Å². The minimum absolute atomic E-state index is 0.0299. The molecule has 2 fully saturated rings. The van der Waals surface area contributed by atoms with E-state index in [-0.39, 0.29) is 11.8 Å². The van der Waals surface area contributed by atoms with E-state index in [9.17, 15) is 8.42 Å². The molecule has 5 nitrogen and oxygen atoms in total. The Balaban J connectivity index is 1.73. The normalized spacial score (nSPS) is 22.8. The largest absolute Gasteiger partial charge is 0.399 e. The maximum absolute atomic E-state index is 12.7. The summed E-state index contributed by atoms with van der Waals surface area (Å²) in [5.74, 6) is 0.364. The van der Waals surface area contributed by atoms with Crippen LogP contribution in [0.25, 0.3) is 0 Å². The lowest BCUT2D eigenvalue weighted by Gasteiger charge is -2.24. The quantitative estimate of drug-likeness (QED) is 0.810. The van der Waals surface area contributed by atoms with E-state index in [4.69, 9.17) is 10.5 Å². The molecule has 21 heavy (non-hydrogen) atoms. The number of anilines is 1. The van der Waals surface area contributed by atoms with Crippen molar-refractivity contribution in [3.05, 3.63) is 29.8 Å². The Hall–Kier alpha value is -1.11. The molecule has 0 aromatic heterocycles. The minimum atomic E-state index is -3.29. The first-order valence-corrected chi connectivity index (χ1v) is 9.07. The van der Waals surface area contributed by atoms with Crippen molar-refractivity contribution in [2.24, 2.45) is 5.92 Å². The standard InChI is InChI=1S/C15H22N2O3S/c16-14-3-1-2-12(8-14)11-21(18,19)17(15-4-5-15)9-13-6-7-20-10-13/h1-3,8,13,15H,4-7,9-11,16H2. The molecule has 1 saturated carbocycles. The smallest absolute Gasteiger partial charge is 0.218 e. The summed E-state index contributed by atoms with van der Waals surface area (Å²) >= 11 is 0. The number of rotatable bonds is 6. The minimum Gasteiger partial charge on any atom is -0.399 e. The maximum Gasteiger partial charge on any atom is 0.218 e. The maximum atomic E-state index is 12.7. The molecule has 1 unspecified atom stereocenters. The molecule has 1 heterocycles. The Bertz CT molecular complexity index is 593. The molecular formula is C15H22N2O3S. The predicted octanol–water partition coefficient (Wildman–Crippen LogP) is 1.60. The number of nitrogens with zero attached hydrogens (tertiary/aromatic N) is 1. The topological polar surface area (TPSA) is 72.6 Å². The molecule has 116 valence electrons. The van der Waals surface area contributed by atoms with Gasteiger partial charge < -0.3 is 10.5 Å². The van der Waals surface area contributed by atoms with Crippen molar-refractivity contribution in [2.45, 2.75) is 31.1 Å². The number of hydrogen-bond donors (Lipinski definition) is 1. The van der Waals surface area contributed by atoms with Gasteiger partial charge in [0.25, 0.3) is 0 Å². The lowest BCUT2D eigenvalue weighted by atomic mass is 10.1. The summed E-state index contributed by atoms with van der Waals surface area (Å²) in [6, 6.07) is 7.31. The third-order valence-electron chi connectivity index (χ3n) is 4.07. The SMILES string of the molecule is Nc1cccc(CS(=O)(=O)N(CC2CCOC2)C2CC2)c1. The van der Waals surface area contributed by atoms with Crippen LogP contribution in [-0.2, 0) is 20.5 Å². The predicted molar refractivity (Wildman–Crippen MR) is 82.1 cm³/mol. The summed E-state index contributed by atoms with van der Waals surface area (Å²) in [4.78, 5) is 0. The highest BCUT2D eigenvalue weighted by Crippen LogP contribution is 2.32. The van der Waals surface area contributed by atoms with E-state index in [1.54, 1.807) is 22.5 Å². The first-order valence-electron chi connectivity index (χ1n) is 7.46. The molecule has 0 bridgehead atoms. The molecule has 1 aliphatic heterocycles. The monoisotopic (exact) mass is 310 g/mol. The van der Waals surface area contributed by atoms with Crippen molar-refractivity contribution in [3.63, 3.8) is 0 Å². The van der Waals surface area contributed by atoms with Gasteiger partial charge in [0.2, 0.25) is 10.0 Å². The molecule has 6 heteroatoms. The number of ether oxygens (including phenoxy) is 1. The Labute approximate surface area is 126 Å². The first kappa shape index (κ1) is 14.8. The van der Waals surface area contributed by atoms with Gasteiger partial charge in [0.05, 0.1) is 12.4 Å². The second-order valence-electron chi connectivity index (χ2n) is 6.03.